The number of carbonyl (C=O) groups is 1. The Morgan fingerprint density at radius 2 is 2.13 bits per heavy atom. The summed E-state index contributed by atoms with van der Waals surface area (Å²) in [5, 5.41) is 4.61. The Morgan fingerprint density at radius 3 is 2.78 bits per heavy atom. The summed E-state index contributed by atoms with van der Waals surface area (Å²) in [5.41, 5.74) is 1.39. The topological polar surface area (TPSA) is 46.4 Å². The van der Waals surface area contributed by atoms with Crippen molar-refractivity contribution in [3.8, 4) is 0 Å². The van der Waals surface area contributed by atoms with E-state index in [2.05, 4.69) is 5.32 Å². The molecule has 1 aromatic heterocycles. The molecule has 2 fully saturated rings. The second-order valence-electron chi connectivity index (χ2n) is 6.45. The van der Waals surface area contributed by atoms with E-state index in [0.717, 1.165) is 36.6 Å². The van der Waals surface area contributed by atoms with Crippen LogP contribution in [0.1, 0.15) is 43.0 Å². The van der Waals surface area contributed by atoms with E-state index in [0.29, 0.717) is 29.5 Å². The number of aromatic nitrogens is 1. The fourth-order valence-corrected chi connectivity index (χ4v) is 2.82. The highest BCUT2D eigenvalue weighted by atomic mass is 19.1. The van der Waals surface area contributed by atoms with Crippen molar-refractivity contribution in [2.45, 2.75) is 51.2 Å². The predicted molar refractivity (Wildman–Crippen MR) is 86.6 cm³/mol. The summed E-state index contributed by atoms with van der Waals surface area (Å²) in [7, 11) is 0. The molecule has 0 unspecified atom stereocenters. The number of nitrogens with zero attached hydrogens (tertiary/aromatic N) is 2. The lowest BCUT2D eigenvalue weighted by molar-refractivity contribution is 0.0949. The molecule has 0 atom stereocenters. The number of carbonyl (C=O) groups excluding carboxylic acids is 1. The van der Waals surface area contributed by atoms with Gasteiger partial charge in [-0.25, -0.2) is 4.39 Å². The molecule has 5 heteroatoms. The molecule has 1 amide bonds. The zero-order valence-electron chi connectivity index (χ0n) is 13.2. The van der Waals surface area contributed by atoms with Gasteiger partial charge < -0.3 is 9.88 Å². The lowest BCUT2D eigenvalue weighted by Crippen LogP contribution is -2.32. The molecule has 0 aliphatic heterocycles. The molecular weight excluding hydrogens is 293 g/mol. The second-order valence-corrected chi connectivity index (χ2v) is 6.45. The van der Waals surface area contributed by atoms with Crippen molar-refractivity contribution >= 4 is 16.8 Å². The number of benzene rings is 1. The molecule has 2 saturated carbocycles. The van der Waals surface area contributed by atoms with E-state index in [1.165, 1.54) is 12.1 Å². The monoisotopic (exact) mass is 313 g/mol. The van der Waals surface area contributed by atoms with Crippen molar-refractivity contribution in [3.05, 3.63) is 41.1 Å². The predicted octanol–water partition coefficient (Wildman–Crippen LogP) is 2.76. The molecule has 1 heterocycles. The summed E-state index contributed by atoms with van der Waals surface area (Å²) in [5.74, 6) is -0.340. The summed E-state index contributed by atoms with van der Waals surface area (Å²) in [4.78, 5) is 17.4. The third-order valence-corrected chi connectivity index (χ3v) is 4.42. The molecule has 1 aromatic carbocycles. The normalized spacial score (nSPS) is 18.4. The fraction of sp³-hybridized carbons (Fsp3) is 0.444. The van der Waals surface area contributed by atoms with Gasteiger partial charge in [-0.05, 0) is 50.8 Å². The van der Waals surface area contributed by atoms with Crippen LogP contribution in [-0.2, 0) is 6.54 Å². The highest BCUT2D eigenvalue weighted by Gasteiger charge is 2.26. The second kappa shape index (κ2) is 5.48. The van der Waals surface area contributed by atoms with Gasteiger partial charge in [0.1, 0.15) is 5.82 Å². The Bertz CT molecular complexity index is 847. The van der Waals surface area contributed by atoms with E-state index in [9.17, 15) is 9.18 Å². The summed E-state index contributed by atoms with van der Waals surface area (Å²) in [6, 6.07) is 5.30. The van der Waals surface area contributed by atoms with Crippen molar-refractivity contribution in [3.63, 3.8) is 0 Å². The Labute approximate surface area is 134 Å². The number of nitrogens with one attached hydrogen (secondary N) is 1. The summed E-state index contributed by atoms with van der Waals surface area (Å²) in [6.07, 6.45) is 6.05. The van der Waals surface area contributed by atoms with Crippen LogP contribution in [0.5, 0.6) is 0 Å². The average Bonchev–Trinajstić information content (AvgIpc) is 3.43. The van der Waals surface area contributed by atoms with Crippen LogP contribution < -0.4 is 10.7 Å². The van der Waals surface area contributed by atoms with Gasteiger partial charge in [0, 0.05) is 24.2 Å². The Morgan fingerprint density at radius 1 is 1.35 bits per heavy atom. The van der Waals surface area contributed by atoms with Gasteiger partial charge in [-0.2, -0.15) is 0 Å². The number of fused-ring (bicyclic) bond motifs is 1. The van der Waals surface area contributed by atoms with Crippen molar-refractivity contribution in [1.29, 1.82) is 0 Å². The van der Waals surface area contributed by atoms with Gasteiger partial charge in [-0.3, -0.25) is 9.79 Å². The smallest absolute Gasteiger partial charge is 0.255 e. The molecular formula is C18H20FN3O. The Kier molecular flexibility index (Phi) is 3.43. The molecule has 2 aliphatic carbocycles. The molecule has 2 aliphatic rings. The van der Waals surface area contributed by atoms with Crippen LogP contribution in [0.4, 0.5) is 4.39 Å². The van der Waals surface area contributed by atoms with Crippen LogP contribution in [0.15, 0.2) is 29.4 Å². The fourth-order valence-electron chi connectivity index (χ4n) is 2.82. The zero-order valence-corrected chi connectivity index (χ0v) is 13.2. The third-order valence-electron chi connectivity index (χ3n) is 4.42. The molecule has 2 aromatic rings. The highest BCUT2D eigenvalue weighted by molar-refractivity contribution is 5.97. The quantitative estimate of drug-likeness (QED) is 0.927. The number of hydrogen-bond donors (Lipinski definition) is 1. The van der Waals surface area contributed by atoms with Gasteiger partial charge in [0.15, 0.2) is 0 Å². The maximum Gasteiger partial charge on any atom is 0.255 e. The molecule has 120 valence electrons. The minimum absolute atomic E-state index is 0.0691. The molecule has 4 nitrogen and oxygen atoms in total. The molecule has 0 spiro atoms. The van der Waals surface area contributed by atoms with Crippen LogP contribution in [0.2, 0.25) is 0 Å². The molecule has 0 bridgehead atoms. The van der Waals surface area contributed by atoms with E-state index >= 15 is 0 Å². The molecule has 23 heavy (non-hydrogen) atoms. The highest BCUT2D eigenvalue weighted by Crippen LogP contribution is 2.24. The van der Waals surface area contributed by atoms with Crippen molar-refractivity contribution in [2.75, 3.05) is 0 Å². The maximum atomic E-state index is 13.7. The third kappa shape index (κ3) is 2.87. The van der Waals surface area contributed by atoms with Gasteiger partial charge in [0.25, 0.3) is 5.91 Å². The van der Waals surface area contributed by atoms with Gasteiger partial charge >= 0.3 is 0 Å². The molecule has 1 N–H and O–H groups in total. The number of pyridine rings is 1. The van der Waals surface area contributed by atoms with Crippen LogP contribution in [0.25, 0.3) is 10.9 Å². The minimum atomic E-state index is -0.271. The maximum absolute atomic E-state index is 13.7. The van der Waals surface area contributed by atoms with Gasteiger partial charge in [0.05, 0.1) is 22.5 Å². The largest absolute Gasteiger partial charge is 0.349 e. The van der Waals surface area contributed by atoms with Crippen LogP contribution >= 0.6 is 0 Å². The first kappa shape index (κ1) is 14.4. The summed E-state index contributed by atoms with van der Waals surface area (Å²) >= 11 is 0. The average molecular weight is 313 g/mol. The van der Waals surface area contributed by atoms with Crippen LogP contribution in [0, 0.1) is 5.82 Å². The first-order chi connectivity index (χ1) is 11.2. The lowest BCUT2D eigenvalue weighted by Gasteiger charge is -2.13. The van der Waals surface area contributed by atoms with Crippen LogP contribution in [-0.4, -0.2) is 22.6 Å². The molecule has 4 rings (SSSR count). The van der Waals surface area contributed by atoms with Crippen LogP contribution in [0.3, 0.4) is 0 Å². The number of rotatable bonds is 4. The van der Waals surface area contributed by atoms with Gasteiger partial charge in [-0.15, -0.1) is 0 Å². The Hall–Kier alpha value is -2.17. The molecule has 0 radical (unpaired) electrons. The summed E-state index contributed by atoms with van der Waals surface area (Å²) < 4.78 is 15.6. The number of amides is 1. The minimum Gasteiger partial charge on any atom is -0.349 e. The van der Waals surface area contributed by atoms with Crippen molar-refractivity contribution < 1.29 is 9.18 Å². The number of aryl methyl sites for hydroxylation is 1. The lowest BCUT2D eigenvalue weighted by atomic mass is 10.1. The van der Waals surface area contributed by atoms with E-state index < -0.39 is 0 Å². The van der Waals surface area contributed by atoms with Crippen molar-refractivity contribution in [2.24, 2.45) is 4.99 Å². The number of halogens is 1. The first-order valence-corrected chi connectivity index (χ1v) is 8.33. The van der Waals surface area contributed by atoms with E-state index in [1.807, 2.05) is 17.7 Å². The van der Waals surface area contributed by atoms with E-state index in [-0.39, 0.29) is 11.7 Å². The SMILES string of the molecule is CCn1cc(C(=O)NC2CC2)c(=NC2CC2)c2ccc(F)cc21. The Balaban J connectivity index is 1.95. The van der Waals surface area contributed by atoms with E-state index in [4.69, 9.17) is 4.99 Å². The number of hydrogen-bond acceptors (Lipinski definition) is 2. The summed E-state index contributed by atoms with van der Waals surface area (Å²) in [6.45, 7) is 2.66. The van der Waals surface area contributed by atoms with E-state index in [1.54, 1.807) is 6.07 Å². The standard InChI is InChI=1S/C18H20FN3O/c1-2-22-10-15(18(23)21-13-6-7-13)17(20-12-4-5-12)14-8-3-11(19)9-16(14)22/h3,8-10,12-13H,2,4-7H2,1H3,(H,21,23). The van der Waals surface area contributed by atoms with Gasteiger partial charge in [0.2, 0.25) is 0 Å². The van der Waals surface area contributed by atoms with Crippen molar-refractivity contribution in [1.82, 2.24) is 9.88 Å². The molecule has 0 saturated heterocycles. The first-order valence-electron chi connectivity index (χ1n) is 8.33. The zero-order chi connectivity index (χ0) is 16.0. The van der Waals surface area contributed by atoms with Gasteiger partial charge in [-0.1, -0.05) is 0 Å².